The number of thiol groups is 1. The molecule has 0 heterocycles. The average molecular weight is 154 g/mol. The first-order valence-electron chi connectivity index (χ1n) is 3.19. The summed E-state index contributed by atoms with van der Waals surface area (Å²) in [5.41, 5.74) is -0.0394. The molecule has 0 radical (unpaired) electrons. The predicted octanol–water partition coefficient (Wildman–Crippen LogP) is 2.34. The highest BCUT2D eigenvalue weighted by atomic mass is 32.1. The maximum absolute atomic E-state index is 5.28. The molecule has 0 bridgehead atoms. The van der Waals surface area contributed by atoms with Gasteiger partial charge in [-0.1, -0.05) is 18.2 Å². The van der Waals surface area contributed by atoms with Crippen molar-refractivity contribution in [3.63, 3.8) is 0 Å². The second kappa shape index (κ2) is 3.52. The molecular formula is C8H10OS. The third kappa shape index (κ3) is 2.31. The lowest BCUT2D eigenvalue weighted by Gasteiger charge is -2.07. The van der Waals surface area contributed by atoms with E-state index in [1.165, 1.54) is 0 Å². The Morgan fingerprint density at radius 1 is 1.30 bits per heavy atom. The molecule has 1 aromatic carbocycles. The van der Waals surface area contributed by atoms with Crippen molar-refractivity contribution in [2.75, 3.05) is 0 Å². The average Bonchev–Trinajstić information content (AvgIpc) is 1.88. The van der Waals surface area contributed by atoms with Gasteiger partial charge in [0, 0.05) is 0 Å². The fraction of sp³-hybridized carbons (Fsp3) is 0.250. The minimum absolute atomic E-state index is 0.0394. The van der Waals surface area contributed by atoms with E-state index < -0.39 is 0 Å². The second-order valence-corrected chi connectivity index (χ2v) is 2.76. The summed E-state index contributed by atoms with van der Waals surface area (Å²) in [5.74, 6) is 0.866. The molecule has 1 atom stereocenters. The van der Waals surface area contributed by atoms with Crippen LogP contribution in [0.4, 0.5) is 0 Å². The first-order valence-corrected chi connectivity index (χ1v) is 3.70. The van der Waals surface area contributed by atoms with Gasteiger partial charge in [0.05, 0.1) is 0 Å². The van der Waals surface area contributed by atoms with Crippen LogP contribution in [0.2, 0.25) is 0 Å². The Morgan fingerprint density at radius 3 is 2.40 bits per heavy atom. The zero-order valence-electron chi connectivity index (χ0n) is 5.82. The van der Waals surface area contributed by atoms with E-state index in [1.54, 1.807) is 0 Å². The van der Waals surface area contributed by atoms with Crippen LogP contribution in [0.25, 0.3) is 0 Å². The molecule has 1 aromatic rings. The maximum Gasteiger partial charge on any atom is 0.138 e. The van der Waals surface area contributed by atoms with Gasteiger partial charge in [-0.15, -0.1) is 12.6 Å². The van der Waals surface area contributed by atoms with Gasteiger partial charge < -0.3 is 4.74 Å². The molecule has 1 nitrogen and oxygen atoms in total. The molecular weight excluding hydrogens is 144 g/mol. The van der Waals surface area contributed by atoms with E-state index >= 15 is 0 Å². The fourth-order valence-electron chi connectivity index (χ4n) is 0.696. The normalized spacial score (nSPS) is 12.6. The van der Waals surface area contributed by atoms with Crippen LogP contribution in [0, 0.1) is 0 Å². The van der Waals surface area contributed by atoms with Crippen LogP contribution in [0.15, 0.2) is 30.3 Å². The van der Waals surface area contributed by atoms with Gasteiger partial charge in [-0.3, -0.25) is 0 Å². The standard InChI is InChI=1S/C8H10OS/c1-7(10)9-8-5-3-2-4-6-8/h2-7,10H,1H3/t7-/m0/s1. The van der Waals surface area contributed by atoms with Crippen LogP contribution in [-0.2, 0) is 0 Å². The maximum atomic E-state index is 5.28. The van der Waals surface area contributed by atoms with Crippen molar-refractivity contribution in [2.45, 2.75) is 12.4 Å². The van der Waals surface area contributed by atoms with Crippen molar-refractivity contribution in [1.82, 2.24) is 0 Å². The number of rotatable bonds is 2. The summed E-state index contributed by atoms with van der Waals surface area (Å²) in [5, 5.41) is 0. The van der Waals surface area contributed by atoms with Crippen molar-refractivity contribution >= 4 is 12.6 Å². The van der Waals surface area contributed by atoms with E-state index in [1.807, 2.05) is 37.3 Å². The summed E-state index contributed by atoms with van der Waals surface area (Å²) in [7, 11) is 0. The molecule has 2 heteroatoms. The minimum atomic E-state index is -0.0394. The SMILES string of the molecule is C[C@H](S)Oc1ccccc1. The lowest BCUT2D eigenvalue weighted by atomic mass is 10.3. The molecule has 0 unspecified atom stereocenters. The second-order valence-electron chi connectivity index (χ2n) is 2.03. The summed E-state index contributed by atoms with van der Waals surface area (Å²) in [6.07, 6.45) is 0. The predicted molar refractivity (Wildman–Crippen MR) is 45.5 cm³/mol. The first-order chi connectivity index (χ1) is 4.79. The van der Waals surface area contributed by atoms with Gasteiger partial charge in [-0.05, 0) is 19.1 Å². The lowest BCUT2D eigenvalue weighted by molar-refractivity contribution is 0.310. The van der Waals surface area contributed by atoms with Crippen LogP contribution in [0.3, 0.4) is 0 Å². The summed E-state index contributed by atoms with van der Waals surface area (Å²) < 4.78 is 5.28. The molecule has 0 aliphatic carbocycles. The van der Waals surface area contributed by atoms with Crippen molar-refractivity contribution in [3.8, 4) is 5.75 Å². The smallest absolute Gasteiger partial charge is 0.138 e. The van der Waals surface area contributed by atoms with E-state index in [0.29, 0.717) is 0 Å². The molecule has 0 aliphatic heterocycles. The number of para-hydroxylation sites is 1. The number of ether oxygens (including phenoxy) is 1. The molecule has 0 saturated heterocycles. The van der Waals surface area contributed by atoms with Crippen LogP contribution in [0.1, 0.15) is 6.92 Å². The summed E-state index contributed by atoms with van der Waals surface area (Å²) in [6, 6.07) is 9.65. The molecule has 0 amide bonds. The van der Waals surface area contributed by atoms with Crippen LogP contribution in [0.5, 0.6) is 5.75 Å². The molecule has 1 rings (SSSR count). The van der Waals surface area contributed by atoms with E-state index in [0.717, 1.165) is 5.75 Å². The third-order valence-electron chi connectivity index (χ3n) is 1.05. The summed E-state index contributed by atoms with van der Waals surface area (Å²) in [4.78, 5) is 0. The Morgan fingerprint density at radius 2 is 1.90 bits per heavy atom. The molecule has 0 aromatic heterocycles. The molecule has 10 heavy (non-hydrogen) atoms. The highest BCUT2D eigenvalue weighted by Crippen LogP contribution is 2.11. The molecule has 0 spiro atoms. The zero-order valence-corrected chi connectivity index (χ0v) is 6.71. The van der Waals surface area contributed by atoms with Crippen molar-refractivity contribution in [1.29, 1.82) is 0 Å². The van der Waals surface area contributed by atoms with Crippen molar-refractivity contribution in [3.05, 3.63) is 30.3 Å². The van der Waals surface area contributed by atoms with E-state index in [9.17, 15) is 0 Å². The Balaban J connectivity index is 2.59. The summed E-state index contributed by atoms with van der Waals surface area (Å²) >= 11 is 4.09. The largest absolute Gasteiger partial charge is 0.480 e. The first kappa shape index (κ1) is 7.48. The molecule has 0 fully saturated rings. The Labute approximate surface area is 66.4 Å². The van der Waals surface area contributed by atoms with Gasteiger partial charge in [0.1, 0.15) is 11.2 Å². The zero-order chi connectivity index (χ0) is 7.40. The quantitative estimate of drug-likeness (QED) is 0.508. The van der Waals surface area contributed by atoms with Gasteiger partial charge >= 0.3 is 0 Å². The van der Waals surface area contributed by atoms with Gasteiger partial charge in [-0.25, -0.2) is 0 Å². The Kier molecular flexibility index (Phi) is 2.63. The Hall–Kier alpha value is -0.630. The number of benzene rings is 1. The van der Waals surface area contributed by atoms with Crippen LogP contribution >= 0.6 is 12.6 Å². The van der Waals surface area contributed by atoms with Gasteiger partial charge in [0.2, 0.25) is 0 Å². The highest BCUT2D eigenvalue weighted by molar-refractivity contribution is 7.80. The van der Waals surface area contributed by atoms with E-state index in [2.05, 4.69) is 12.6 Å². The van der Waals surface area contributed by atoms with Gasteiger partial charge in [0.25, 0.3) is 0 Å². The van der Waals surface area contributed by atoms with Crippen molar-refractivity contribution in [2.24, 2.45) is 0 Å². The molecule has 0 N–H and O–H groups in total. The molecule has 0 saturated carbocycles. The van der Waals surface area contributed by atoms with Gasteiger partial charge in [-0.2, -0.15) is 0 Å². The third-order valence-corrected chi connectivity index (χ3v) is 1.16. The topological polar surface area (TPSA) is 9.23 Å². The van der Waals surface area contributed by atoms with E-state index in [4.69, 9.17) is 4.74 Å². The minimum Gasteiger partial charge on any atom is -0.480 e. The summed E-state index contributed by atoms with van der Waals surface area (Å²) in [6.45, 7) is 1.89. The van der Waals surface area contributed by atoms with Crippen LogP contribution in [-0.4, -0.2) is 5.44 Å². The molecule has 54 valence electrons. The molecule has 0 aliphatic rings. The number of hydrogen-bond donors (Lipinski definition) is 1. The number of hydrogen-bond acceptors (Lipinski definition) is 2. The van der Waals surface area contributed by atoms with Gasteiger partial charge in [0.15, 0.2) is 0 Å². The lowest BCUT2D eigenvalue weighted by Crippen LogP contribution is -2.01. The van der Waals surface area contributed by atoms with Crippen molar-refractivity contribution < 1.29 is 4.74 Å². The highest BCUT2D eigenvalue weighted by Gasteiger charge is 1.93. The van der Waals surface area contributed by atoms with Crippen LogP contribution < -0.4 is 4.74 Å². The monoisotopic (exact) mass is 154 g/mol. The Bertz CT molecular complexity index is 184. The fourth-order valence-corrected chi connectivity index (χ4v) is 0.818. The van der Waals surface area contributed by atoms with E-state index in [-0.39, 0.29) is 5.44 Å².